The lowest BCUT2D eigenvalue weighted by molar-refractivity contribution is -0.117. The van der Waals surface area contributed by atoms with E-state index in [0.717, 1.165) is 11.8 Å². The van der Waals surface area contributed by atoms with Crippen molar-refractivity contribution in [3.05, 3.63) is 6.33 Å². The molecule has 1 saturated heterocycles. The van der Waals surface area contributed by atoms with E-state index in [1.807, 2.05) is 13.8 Å². The Hall–Kier alpha value is -2.45. The Morgan fingerprint density at radius 3 is 2.77 bits per heavy atom. The number of carbonyl (C=O) groups excluding carboxylic acids is 2. The summed E-state index contributed by atoms with van der Waals surface area (Å²) < 4.78 is 41.2. The zero-order chi connectivity index (χ0) is 28.6. The molecule has 39 heavy (non-hydrogen) atoms. The second kappa shape index (κ2) is 14.3. The van der Waals surface area contributed by atoms with E-state index < -0.39 is 19.8 Å². The summed E-state index contributed by atoms with van der Waals surface area (Å²) in [6.45, 7) is 10.00. The third-order valence-electron chi connectivity index (χ3n) is 5.84. The number of ether oxygens (including phenoxy) is 3. The van der Waals surface area contributed by atoms with Crippen LogP contribution in [0.2, 0.25) is 0 Å². The van der Waals surface area contributed by atoms with E-state index >= 15 is 0 Å². The number of nitrogens with two attached hydrogens (primary N) is 1. The second-order valence-electron chi connectivity index (χ2n) is 9.51. The van der Waals surface area contributed by atoms with Crippen molar-refractivity contribution in [3.63, 3.8) is 0 Å². The molecular weight excluding hydrogens is 551 g/mol. The van der Waals surface area contributed by atoms with Gasteiger partial charge in [0.15, 0.2) is 16.3 Å². The van der Waals surface area contributed by atoms with Gasteiger partial charge in [-0.3, -0.25) is 13.9 Å². The van der Waals surface area contributed by atoms with Crippen LogP contribution in [0.1, 0.15) is 47.3 Å². The molecule has 4 atom stereocenters. The van der Waals surface area contributed by atoms with Crippen LogP contribution in [0.15, 0.2) is 6.33 Å². The fraction of sp³-hybridized carbons (Fsp3) is 0.696. The Kier molecular flexibility index (Phi) is 11.4. The first kappa shape index (κ1) is 31.1. The summed E-state index contributed by atoms with van der Waals surface area (Å²) in [7, 11) is -2.78. The first-order valence-electron chi connectivity index (χ1n) is 12.7. The largest absolute Gasteiger partial charge is 0.476 e. The summed E-state index contributed by atoms with van der Waals surface area (Å²) >= 11 is 1.04. The van der Waals surface area contributed by atoms with Crippen molar-refractivity contribution in [2.75, 3.05) is 44.5 Å². The number of amides is 1. The number of rotatable bonds is 14. The predicted octanol–water partition coefficient (Wildman–Crippen LogP) is 3.19. The maximum absolute atomic E-state index is 12.5. The average Bonchev–Trinajstić information content (AvgIpc) is 3.47. The van der Waals surface area contributed by atoms with Gasteiger partial charge in [-0.15, -0.1) is 0 Å². The average molecular weight is 589 g/mol. The summed E-state index contributed by atoms with van der Waals surface area (Å²) in [5.74, 6) is 0.778. The van der Waals surface area contributed by atoms with Crippen LogP contribution >= 0.6 is 20.0 Å². The van der Waals surface area contributed by atoms with Gasteiger partial charge in [-0.05, 0) is 20.3 Å². The highest BCUT2D eigenvalue weighted by Crippen LogP contribution is 2.38. The molecule has 1 aliphatic heterocycles. The minimum Gasteiger partial charge on any atom is -0.476 e. The number of alkyl carbamates (subject to hydrolysis) is 1. The molecule has 1 aliphatic rings. The van der Waals surface area contributed by atoms with E-state index in [1.54, 1.807) is 31.7 Å². The van der Waals surface area contributed by atoms with Crippen molar-refractivity contribution in [2.24, 2.45) is 11.3 Å². The lowest BCUT2D eigenvalue weighted by Crippen LogP contribution is -2.38. The number of nitrogens with one attached hydrogen (secondary N) is 1. The molecule has 0 aromatic carbocycles. The van der Waals surface area contributed by atoms with Crippen LogP contribution in [-0.2, 0) is 27.9 Å². The molecule has 0 radical (unpaired) electrons. The zero-order valence-electron chi connectivity index (χ0n) is 22.8. The smallest absolute Gasteiger partial charge is 0.407 e. The number of carbonyl (C=O) groups is 2. The molecule has 0 aliphatic carbocycles. The van der Waals surface area contributed by atoms with Crippen molar-refractivity contribution in [1.82, 2.24) is 24.8 Å². The Labute approximate surface area is 232 Å². The number of thioether (sulfide) groups is 1. The minimum absolute atomic E-state index is 0.0739. The normalized spacial score (nSPS) is 20.2. The molecule has 3 N–H and O–H groups in total. The van der Waals surface area contributed by atoms with E-state index in [9.17, 15) is 14.2 Å². The monoisotopic (exact) mass is 588 g/mol. The van der Waals surface area contributed by atoms with Crippen LogP contribution in [0.4, 0.5) is 10.7 Å². The number of hydrogen-bond acceptors (Lipinski definition) is 13. The Balaban J connectivity index is 1.41. The van der Waals surface area contributed by atoms with Gasteiger partial charge in [-0.25, -0.2) is 9.78 Å². The molecule has 218 valence electrons. The van der Waals surface area contributed by atoms with Crippen molar-refractivity contribution in [1.29, 1.82) is 0 Å². The summed E-state index contributed by atoms with van der Waals surface area (Å²) in [5.41, 5.74) is 6.06. The molecule has 1 fully saturated rings. The Bertz CT molecular complexity index is 1170. The molecule has 3 heterocycles. The maximum atomic E-state index is 12.5. The van der Waals surface area contributed by atoms with E-state index in [2.05, 4.69) is 20.3 Å². The molecule has 1 unspecified atom stereocenters. The third kappa shape index (κ3) is 8.52. The number of imidazole rings is 1. The van der Waals surface area contributed by atoms with Crippen molar-refractivity contribution < 1.29 is 37.4 Å². The third-order valence-corrected chi connectivity index (χ3v) is 7.87. The van der Waals surface area contributed by atoms with Crippen molar-refractivity contribution >= 4 is 48.3 Å². The van der Waals surface area contributed by atoms with Gasteiger partial charge in [0.1, 0.15) is 6.23 Å². The first-order valence-corrected chi connectivity index (χ1v) is 14.9. The molecule has 2 aromatic rings. The van der Waals surface area contributed by atoms with Gasteiger partial charge in [0, 0.05) is 18.2 Å². The summed E-state index contributed by atoms with van der Waals surface area (Å²) in [4.78, 5) is 36.7. The molecule has 1 amide bonds. The molecule has 0 spiro atoms. The highest BCUT2D eigenvalue weighted by Gasteiger charge is 2.35. The number of aromatic nitrogens is 4. The van der Waals surface area contributed by atoms with E-state index in [1.165, 1.54) is 0 Å². The van der Waals surface area contributed by atoms with Crippen LogP contribution in [0.3, 0.4) is 0 Å². The molecule has 0 saturated carbocycles. The number of hydrogen-bond donors (Lipinski definition) is 2. The van der Waals surface area contributed by atoms with Gasteiger partial charge in [0.2, 0.25) is 11.8 Å². The summed E-state index contributed by atoms with van der Waals surface area (Å²) in [6.07, 6.45) is 1.03. The fourth-order valence-corrected chi connectivity index (χ4v) is 5.54. The molecular formula is C23H37N6O8PS. The molecule has 2 aromatic heterocycles. The van der Waals surface area contributed by atoms with Crippen LogP contribution in [0, 0.1) is 11.3 Å². The summed E-state index contributed by atoms with van der Waals surface area (Å²) in [6, 6.07) is 0. The minimum atomic E-state index is -2.78. The number of nitrogen functional groups attached to an aromatic ring is 1. The Morgan fingerprint density at radius 1 is 1.28 bits per heavy atom. The van der Waals surface area contributed by atoms with Gasteiger partial charge in [-0.1, -0.05) is 32.5 Å². The lowest BCUT2D eigenvalue weighted by Gasteiger charge is -2.22. The second-order valence-corrected chi connectivity index (χ2v) is 11.7. The van der Waals surface area contributed by atoms with E-state index in [0.29, 0.717) is 35.8 Å². The summed E-state index contributed by atoms with van der Waals surface area (Å²) in [5, 5.41) is 2.44. The van der Waals surface area contributed by atoms with Crippen LogP contribution in [0.5, 0.6) is 5.88 Å². The Morgan fingerprint density at radius 2 is 2.05 bits per heavy atom. The van der Waals surface area contributed by atoms with Crippen molar-refractivity contribution in [2.45, 2.75) is 53.4 Å². The first-order chi connectivity index (χ1) is 18.6. The van der Waals surface area contributed by atoms with Gasteiger partial charge in [0.25, 0.3) is 0 Å². The van der Waals surface area contributed by atoms with E-state index in [-0.39, 0.29) is 55.7 Å². The number of nitrogens with zero attached hydrogens (tertiary/aromatic N) is 4. The van der Waals surface area contributed by atoms with Gasteiger partial charge in [-0.2, -0.15) is 9.97 Å². The topological polar surface area (TPSA) is 179 Å². The number of anilines is 1. The fourth-order valence-electron chi connectivity index (χ4n) is 3.90. The van der Waals surface area contributed by atoms with Crippen LogP contribution < -0.4 is 15.8 Å². The van der Waals surface area contributed by atoms with E-state index in [4.69, 9.17) is 29.0 Å². The predicted molar refractivity (Wildman–Crippen MR) is 146 cm³/mol. The number of fused-ring (bicyclic) bond motifs is 1. The highest BCUT2D eigenvalue weighted by molar-refractivity contribution is 8.13. The molecule has 3 rings (SSSR count). The molecule has 16 heteroatoms. The molecule has 0 bridgehead atoms. The lowest BCUT2D eigenvalue weighted by atomic mass is 9.96. The van der Waals surface area contributed by atoms with Gasteiger partial charge in [0.05, 0.1) is 44.3 Å². The standard InChI is InChI=1S/C23H37N6O8PS/c1-6-33-18-16-17(27-21(24)28-18)29(13-26-16)19-14(3)10-15(37-19)11-36-38(32)35-8-9-39-20(30)23(4,5)12-25-22(31)34-7-2/h13-15,19,38H,6-12H2,1-5H3,(H,25,31)(H2,24,27,28)/t14-,15-,19+/m0/s1. The maximum Gasteiger partial charge on any atom is 0.407 e. The quantitative estimate of drug-likeness (QED) is 0.243. The van der Waals surface area contributed by atoms with Crippen LogP contribution in [0.25, 0.3) is 11.2 Å². The zero-order valence-corrected chi connectivity index (χ0v) is 24.6. The van der Waals surface area contributed by atoms with Gasteiger partial charge < -0.3 is 34.3 Å². The van der Waals surface area contributed by atoms with Crippen molar-refractivity contribution in [3.8, 4) is 5.88 Å². The SMILES string of the molecule is CCOC(=O)NCC(C)(C)C(=O)SCCO[PH](=O)OC[C@@H]1C[C@H](C)[C@H](n2cnc3c(OCC)nc(N)nc32)O1. The van der Waals surface area contributed by atoms with Crippen LogP contribution in [-0.4, -0.2) is 75.6 Å². The van der Waals surface area contributed by atoms with Gasteiger partial charge >= 0.3 is 14.3 Å². The highest BCUT2D eigenvalue weighted by atomic mass is 32.2. The molecule has 14 nitrogen and oxygen atoms in total.